The van der Waals surface area contributed by atoms with Gasteiger partial charge in [-0.2, -0.15) is 0 Å². The summed E-state index contributed by atoms with van der Waals surface area (Å²) in [6, 6.07) is 0. The van der Waals surface area contributed by atoms with Gasteiger partial charge in [-0.1, -0.05) is 39.0 Å². The van der Waals surface area contributed by atoms with Crippen molar-refractivity contribution in [1.29, 1.82) is 0 Å². The molecule has 3 nitrogen and oxygen atoms in total. The third-order valence-corrected chi connectivity index (χ3v) is 2.08. The van der Waals surface area contributed by atoms with Crippen LogP contribution in [0.5, 0.6) is 0 Å². The van der Waals surface area contributed by atoms with Crippen LogP contribution >= 0.6 is 0 Å². The van der Waals surface area contributed by atoms with Crippen molar-refractivity contribution in [2.75, 3.05) is 6.61 Å². The van der Waals surface area contributed by atoms with E-state index in [-0.39, 0.29) is 29.6 Å². The summed E-state index contributed by atoms with van der Waals surface area (Å²) in [5, 5.41) is 8.82. The van der Waals surface area contributed by atoms with E-state index in [1.54, 1.807) is 0 Å². The molecule has 0 rings (SSSR count). The molecule has 0 aromatic heterocycles. The molecular formula is C11H22NaO3. The Morgan fingerprint density at radius 1 is 1.20 bits per heavy atom. The topological polar surface area (TPSA) is 46.5 Å². The number of hydrogen-bond donors (Lipinski definition) is 1. The first kappa shape index (κ1) is 17.8. The number of carbonyl (C=O) groups excluding carboxylic acids is 1. The van der Waals surface area contributed by atoms with E-state index < -0.39 is 12.1 Å². The van der Waals surface area contributed by atoms with Gasteiger partial charge in [-0.3, -0.25) is 0 Å². The second-order valence-electron chi connectivity index (χ2n) is 3.61. The van der Waals surface area contributed by atoms with E-state index in [1.165, 1.54) is 32.6 Å². The second-order valence-corrected chi connectivity index (χ2v) is 3.61. The monoisotopic (exact) mass is 225 g/mol. The van der Waals surface area contributed by atoms with Crippen LogP contribution < -0.4 is 0 Å². The molecule has 1 atom stereocenters. The fraction of sp³-hybridized carbons (Fsp3) is 0.909. The van der Waals surface area contributed by atoms with Gasteiger partial charge in [-0.25, -0.2) is 4.79 Å². The van der Waals surface area contributed by atoms with Gasteiger partial charge in [0.2, 0.25) is 0 Å². The van der Waals surface area contributed by atoms with Crippen molar-refractivity contribution < 1.29 is 14.6 Å². The summed E-state index contributed by atoms with van der Waals surface area (Å²) < 4.78 is 4.82. The van der Waals surface area contributed by atoms with Crippen LogP contribution in [0, 0.1) is 0 Å². The van der Waals surface area contributed by atoms with Crippen LogP contribution in [0.15, 0.2) is 0 Å². The number of ether oxygens (including phenoxy) is 1. The minimum Gasteiger partial charge on any atom is -0.464 e. The molecule has 0 saturated carbocycles. The second kappa shape index (κ2) is 12.5. The number of carbonyl (C=O) groups is 1. The van der Waals surface area contributed by atoms with Crippen molar-refractivity contribution >= 4 is 35.5 Å². The summed E-state index contributed by atoms with van der Waals surface area (Å²) in [5.41, 5.74) is 0. The predicted molar refractivity (Wildman–Crippen MR) is 61.8 cm³/mol. The van der Waals surface area contributed by atoms with Crippen LogP contribution in [0.2, 0.25) is 0 Å². The number of unbranched alkanes of at least 4 members (excludes halogenated alkanes) is 5. The molecule has 85 valence electrons. The van der Waals surface area contributed by atoms with Crippen molar-refractivity contribution in [2.24, 2.45) is 0 Å². The molecule has 0 fully saturated rings. The van der Waals surface area contributed by atoms with Crippen molar-refractivity contribution in [1.82, 2.24) is 0 Å². The Kier molecular flexibility index (Phi) is 14.8. The molecule has 4 heteroatoms. The molecule has 1 radical (unpaired) electrons. The Morgan fingerprint density at radius 2 is 1.73 bits per heavy atom. The van der Waals surface area contributed by atoms with Gasteiger partial charge in [0, 0.05) is 29.6 Å². The van der Waals surface area contributed by atoms with E-state index in [0.29, 0.717) is 6.61 Å². The standard InChI is InChI=1S/C11H22O3.Na/c1-3-4-5-6-7-8-9-14-11(13)10(2)12;/h10,12H,3-9H2,1-2H3;. The molecule has 0 amide bonds. The van der Waals surface area contributed by atoms with Gasteiger partial charge < -0.3 is 9.84 Å². The van der Waals surface area contributed by atoms with E-state index in [0.717, 1.165) is 12.8 Å². The van der Waals surface area contributed by atoms with Crippen molar-refractivity contribution in [3.63, 3.8) is 0 Å². The van der Waals surface area contributed by atoms with Gasteiger partial charge in [-0.05, 0) is 13.3 Å². The molecule has 0 aromatic rings. The number of aliphatic hydroxyl groups excluding tert-OH is 1. The fourth-order valence-corrected chi connectivity index (χ4v) is 1.18. The van der Waals surface area contributed by atoms with E-state index >= 15 is 0 Å². The Bertz CT molecular complexity index is 149. The normalized spacial score (nSPS) is 11.7. The molecule has 0 heterocycles. The largest absolute Gasteiger partial charge is 0.464 e. The molecule has 0 bridgehead atoms. The molecule has 0 aliphatic carbocycles. The van der Waals surface area contributed by atoms with Gasteiger partial charge in [0.1, 0.15) is 6.10 Å². The summed E-state index contributed by atoms with van der Waals surface area (Å²) in [6.07, 6.45) is 6.02. The summed E-state index contributed by atoms with van der Waals surface area (Å²) >= 11 is 0. The third-order valence-electron chi connectivity index (χ3n) is 2.08. The van der Waals surface area contributed by atoms with E-state index in [1.807, 2.05) is 0 Å². The molecule has 0 aliphatic rings. The van der Waals surface area contributed by atoms with Crippen LogP contribution in [0.4, 0.5) is 0 Å². The SMILES string of the molecule is CCCCCCCCOC(=O)C(C)O.[Na]. The molecule has 15 heavy (non-hydrogen) atoms. The number of aliphatic hydroxyl groups is 1. The Hall–Kier alpha value is 0.430. The number of hydrogen-bond acceptors (Lipinski definition) is 3. The van der Waals surface area contributed by atoms with Crippen LogP contribution in [0.25, 0.3) is 0 Å². The quantitative estimate of drug-likeness (QED) is 0.390. The zero-order valence-electron chi connectivity index (χ0n) is 10.3. The third kappa shape index (κ3) is 12.4. The van der Waals surface area contributed by atoms with Gasteiger partial charge in [0.25, 0.3) is 0 Å². The van der Waals surface area contributed by atoms with Crippen LogP contribution in [-0.2, 0) is 9.53 Å². The van der Waals surface area contributed by atoms with E-state index in [9.17, 15) is 4.79 Å². The van der Waals surface area contributed by atoms with Gasteiger partial charge >= 0.3 is 5.97 Å². The molecule has 1 unspecified atom stereocenters. The number of rotatable bonds is 8. The maximum Gasteiger partial charge on any atom is 0.334 e. The fourth-order valence-electron chi connectivity index (χ4n) is 1.18. The van der Waals surface area contributed by atoms with Crippen LogP contribution in [0.1, 0.15) is 52.4 Å². The predicted octanol–water partition coefficient (Wildman–Crippen LogP) is 1.89. The maximum atomic E-state index is 10.8. The van der Waals surface area contributed by atoms with Gasteiger partial charge in [0.05, 0.1) is 6.61 Å². The van der Waals surface area contributed by atoms with E-state index in [2.05, 4.69) is 6.92 Å². The first-order chi connectivity index (χ1) is 6.68. The first-order valence-corrected chi connectivity index (χ1v) is 5.53. The summed E-state index contributed by atoms with van der Waals surface area (Å²) in [4.78, 5) is 10.8. The zero-order chi connectivity index (χ0) is 10.8. The number of esters is 1. The minimum absolute atomic E-state index is 0. The van der Waals surface area contributed by atoms with Gasteiger partial charge in [0.15, 0.2) is 0 Å². The zero-order valence-corrected chi connectivity index (χ0v) is 12.3. The average Bonchev–Trinajstić information content (AvgIpc) is 2.16. The van der Waals surface area contributed by atoms with Gasteiger partial charge in [-0.15, -0.1) is 0 Å². The Balaban J connectivity index is 0. The molecule has 0 saturated heterocycles. The molecule has 0 spiro atoms. The average molecular weight is 225 g/mol. The minimum atomic E-state index is -0.991. The summed E-state index contributed by atoms with van der Waals surface area (Å²) in [5.74, 6) is -0.515. The van der Waals surface area contributed by atoms with Crippen molar-refractivity contribution in [2.45, 2.75) is 58.5 Å². The molecule has 1 N–H and O–H groups in total. The molecule has 0 aliphatic heterocycles. The molecule has 0 aromatic carbocycles. The summed E-state index contributed by atoms with van der Waals surface area (Å²) in [6.45, 7) is 4.05. The van der Waals surface area contributed by atoms with Crippen LogP contribution in [0.3, 0.4) is 0 Å². The molecular weight excluding hydrogens is 203 g/mol. The van der Waals surface area contributed by atoms with Crippen molar-refractivity contribution in [3.05, 3.63) is 0 Å². The smallest absolute Gasteiger partial charge is 0.334 e. The Labute approximate surface area is 115 Å². The first-order valence-electron chi connectivity index (χ1n) is 5.53. The van der Waals surface area contributed by atoms with E-state index in [4.69, 9.17) is 9.84 Å². The summed E-state index contributed by atoms with van der Waals surface area (Å²) in [7, 11) is 0. The maximum absolute atomic E-state index is 10.8. The Morgan fingerprint density at radius 3 is 2.27 bits per heavy atom. The van der Waals surface area contributed by atoms with Crippen LogP contribution in [-0.4, -0.2) is 53.3 Å². The van der Waals surface area contributed by atoms with Crippen molar-refractivity contribution in [3.8, 4) is 0 Å².